The van der Waals surface area contributed by atoms with Crippen LogP contribution in [0, 0.1) is 0 Å². The number of nitrogens with zero attached hydrogens (tertiary/aromatic N) is 1. The van der Waals surface area contributed by atoms with Crippen LogP contribution >= 0.6 is 0 Å². The second-order valence-corrected chi connectivity index (χ2v) is 13.8. The van der Waals surface area contributed by atoms with E-state index in [1.807, 2.05) is 0 Å². The van der Waals surface area contributed by atoms with Crippen molar-refractivity contribution in [2.24, 2.45) is 0 Å². The number of hydrogen-bond donors (Lipinski definition) is 0. The van der Waals surface area contributed by atoms with Gasteiger partial charge in [0.2, 0.25) is 0 Å². The summed E-state index contributed by atoms with van der Waals surface area (Å²) in [5.41, 5.74) is 19.7. The van der Waals surface area contributed by atoms with Crippen LogP contribution in [0.3, 0.4) is 0 Å². The molecule has 2 heteroatoms. The molecule has 0 aliphatic heterocycles. The molecule has 2 aliphatic rings. The Bertz CT molecular complexity index is 2520. The Morgan fingerprint density at radius 2 is 0.765 bits per heavy atom. The highest BCUT2D eigenvalue weighted by atomic mass is 15.1. The Labute approximate surface area is 300 Å². The van der Waals surface area contributed by atoms with Crippen molar-refractivity contribution >= 4 is 30.4 Å². The van der Waals surface area contributed by atoms with Crippen LogP contribution in [0.15, 0.2) is 194 Å². The molecule has 1 spiro atoms. The summed E-state index contributed by atoms with van der Waals surface area (Å²) in [7, 11) is 2.14. The standard InChI is InChI=1S/C49H34BN/c50-37-25-21-35(22-26-37)36-13-10-14-39(31-36)51(38-27-23-34(24-28-38)33-11-2-1-3-12-33)40-29-30-44-43-17-6-9-20-47(43)49(48(44)32-40)45-18-7-4-15-41(45)42-16-5-8-19-46(42)49/h1-32H,50H2. The van der Waals surface area contributed by atoms with Crippen LogP contribution in [-0.2, 0) is 5.41 Å². The molecule has 2 aliphatic carbocycles. The van der Waals surface area contributed by atoms with E-state index >= 15 is 0 Å². The van der Waals surface area contributed by atoms with E-state index in [2.05, 4.69) is 207 Å². The van der Waals surface area contributed by atoms with Crippen molar-refractivity contribution < 1.29 is 0 Å². The molecule has 0 unspecified atom stereocenters. The van der Waals surface area contributed by atoms with Crippen LogP contribution < -0.4 is 10.4 Å². The lowest BCUT2D eigenvalue weighted by atomic mass is 9.70. The summed E-state index contributed by atoms with van der Waals surface area (Å²) in [5, 5.41) is 0. The third-order valence-electron chi connectivity index (χ3n) is 11.0. The average molecular weight is 648 g/mol. The summed E-state index contributed by atoms with van der Waals surface area (Å²) < 4.78 is 0. The van der Waals surface area contributed by atoms with E-state index < -0.39 is 5.41 Å². The molecule has 0 atom stereocenters. The zero-order valence-electron chi connectivity index (χ0n) is 28.4. The Morgan fingerprint density at radius 3 is 1.39 bits per heavy atom. The van der Waals surface area contributed by atoms with Crippen LogP contribution in [0.2, 0.25) is 0 Å². The third kappa shape index (κ3) is 4.50. The van der Waals surface area contributed by atoms with Crippen LogP contribution in [0.4, 0.5) is 17.1 Å². The van der Waals surface area contributed by atoms with Gasteiger partial charge < -0.3 is 4.90 Å². The zero-order chi connectivity index (χ0) is 33.9. The maximum atomic E-state index is 2.47. The normalized spacial score (nSPS) is 12.9. The minimum absolute atomic E-state index is 0.401. The van der Waals surface area contributed by atoms with Gasteiger partial charge in [0.15, 0.2) is 0 Å². The SMILES string of the molecule is Bc1ccc(-c2cccc(N(c3ccc(-c4ccccc4)cc3)c3ccc4c(c3)C3(c5ccccc5-c5ccccc53)c3ccccc3-4)c2)cc1. The molecule has 1 nitrogen and oxygen atoms in total. The molecular weight excluding hydrogens is 613 g/mol. The topological polar surface area (TPSA) is 3.24 Å². The van der Waals surface area contributed by atoms with Gasteiger partial charge in [-0.3, -0.25) is 0 Å². The molecule has 8 aromatic rings. The molecule has 0 aromatic heterocycles. The highest BCUT2D eigenvalue weighted by Crippen LogP contribution is 2.63. The van der Waals surface area contributed by atoms with Crippen LogP contribution in [0.25, 0.3) is 44.5 Å². The monoisotopic (exact) mass is 647 g/mol. The van der Waals surface area contributed by atoms with Gasteiger partial charge in [-0.25, -0.2) is 0 Å². The predicted octanol–water partition coefficient (Wildman–Crippen LogP) is 11.1. The number of rotatable bonds is 5. The lowest BCUT2D eigenvalue weighted by molar-refractivity contribution is 0.793. The Morgan fingerprint density at radius 1 is 0.314 bits per heavy atom. The predicted molar refractivity (Wildman–Crippen MR) is 216 cm³/mol. The quantitative estimate of drug-likeness (QED) is 0.168. The number of anilines is 3. The molecule has 51 heavy (non-hydrogen) atoms. The third-order valence-corrected chi connectivity index (χ3v) is 11.0. The van der Waals surface area contributed by atoms with Crippen LogP contribution in [0.1, 0.15) is 22.3 Å². The van der Waals surface area contributed by atoms with Crippen molar-refractivity contribution in [3.05, 3.63) is 216 Å². The van der Waals surface area contributed by atoms with Crippen LogP contribution in [-0.4, -0.2) is 7.85 Å². The summed E-state index contributed by atoms with van der Waals surface area (Å²) in [6.45, 7) is 0. The van der Waals surface area contributed by atoms with E-state index in [9.17, 15) is 0 Å². The van der Waals surface area contributed by atoms with Crippen molar-refractivity contribution in [1.29, 1.82) is 0 Å². The smallest absolute Gasteiger partial charge is 0.139 e. The fraction of sp³-hybridized carbons (Fsp3) is 0.0204. The molecular formula is C49H34BN. The first kappa shape index (κ1) is 29.5. The molecule has 8 aromatic carbocycles. The van der Waals surface area contributed by atoms with Gasteiger partial charge in [-0.15, -0.1) is 0 Å². The first-order chi connectivity index (χ1) is 25.2. The van der Waals surface area contributed by atoms with Gasteiger partial charge in [0, 0.05) is 17.1 Å². The minimum atomic E-state index is -0.401. The molecule has 0 N–H and O–H groups in total. The molecule has 0 radical (unpaired) electrons. The van der Waals surface area contributed by atoms with Gasteiger partial charge in [0.1, 0.15) is 7.85 Å². The molecule has 0 amide bonds. The lowest BCUT2D eigenvalue weighted by Gasteiger charge is -2.32. The summed E-state index contributed by atoms with van der Waals surface area (Å²) >= 11 is 0. The molecule has 0 heterocycles. The summed E-state index contributed by atoms with van der Waals surface area (Å²) in [5.74, 6) is 0. The Kier molecular flexibility index (Phi) is 6.72. The second kappa shape index (κ2) is 11.6. The van der Waals surface area contributed by atoms with Gasteiger partial charge in [0.05, 0.1) is 5.41 Å². The van der Waals surface area contributed by atoms with Crippen molar-refractivity contribution in [2.75, 3.05) is 4.90 Å². The first-order valence-corrected chi connectivity index (χ1v) is 17.8. The van der Waals surface area contributed by atoms with E-state index in [0.717, 1.165) is 17.1 Å². The van der Waals surface area contributed by atoms with Gasteiger partial charge >= 0.3 is 0 Å². The fourth-order valence-electron chi connectivity index (χ4n) is 8.67. The van der Waals surface area contributed by atoms with Gasteiger partial charge in [-0.05, 0) is 103 Å². The van der Waals surface area contributed by atoms with Crippen molar-refractivity contribution in [1.82, 2.24) is 0 Å². The lowest BCUT2D eigenvalue weighted by Crippen LogP contribution is -2.26. The van der Waals surface area contributed by atoms with Crippen molar-refractivity contribution in [3.63, 3.8) is 0 Å². The van der Waals surface area contributed by atoms with Gasteiger partial charge in [-0.1, -0.05) is 163 Å². The second-order valence-electron chi connectivity index (χ2n) is 13.8. The van der Waals surface area contributed by atoms with Gasteiger partial charge in [0.25, 0.3) is 0 Å². The average Bonchev–Trinajstić information content (AvgIpc) is 3.66. The molecule has 10 rings (SSSR count). The zero-order valence-corrected chi connectivity index (χ0v) is 28.4. The maximum absolute atomic E-state index is 2.47. The summed E-state index contributed by atoms with van der Waals surface area (Å²) in [6.07, 6.45) is 0. The Balaban J connectivity index is 1.20. The fourth-order valence-corrected chi connectivity index (χ4v) is 8.67. The summed E-state index contributed by atoms with van der Waals surface area (Å²) in [4.78, 5) is 2.43. The molecule has 0 saturated heterocycles. The summed E-state index contributed by atoms with van der Waals surface area (Å²) in [6, 6.07) is 71.6. The van der Waals surface area contributed by atoms with E-state index in [4.69, 9.17) is 0 Å². The van der Waals surface area contributed by atoms with E-state index in [1.165, 1.54) is 72.2 Å². The minimum Gasteiger partial charge on any atom is -0.310 e. The Hall–Kier alpha value is -6.38. The molecule has 238 valence electrons. The number of fused-ring (bicyclic) bond motifs is 10. The maximum Gasteiger partial charge on any atom is 0.139 e. The highest BCUT2D eigenvalue weighted by molar-refractivity contribution is 6.32. The van der Waals surface area contributed by atoms with Crippen molar-refractivity contribution in [3.8, 4) is 44.5 Å². The number of benzene rings is 8. The first-order valence-electron chi connectivity index (χ1n) is 17.8. The van der Waals surface area contributed by atoms with Gasteiger partial charge in [-0.2, -0.15) is 0 Å². The van der Waals surface area contributed by atoms with Crippen molar-refractivity contribution in [2.45, 2.75) is 5.41 Å². The number of hydrogen-bond acceptors (Lipinski definition) is 1. The molecule has 0 saturated carbocycles. The van der Waals surface area contributed by atoms with E-state index in [1.54, 1.807) is 0 Å². The molecule has 0 fully saturated rings. The van der Waals surface area contributed by atoms with E-state index in [-0.39, 0.29) is 0 Å². The van der Waals surface area contributed by atoms with Crippen LogP contribution in [0.5, 0.6) is 0 Å². The molecule has 0 bridgehead atoms. The largest absolute Gasteiger partial charge is 0.310 e. The highest BCUT2D eigenvalue weighted by Gasteiger charge is 2.51. The van der Waals surface area contributed by atoms with E-state index in [0.29, 0.717) is 0 Å².